The van der Waals surface area contributed by atoms with Crippen molar-refractivity contribution in [3.8, 4) is 0 Å². The van der Waals surface area contributed by atoms with Gasteiger partial charge in [0.25, 0.3) is 0 Å². The topological polar surface area (TPSA) is 29.1 Å². The van der Waals surface area contributed by atoms with Gasteiger partial charge in [-0.25, -0.2) is 4.39 Å². The van der Waals surface area contributed by atoms with Crippen LogP contribution in [-0.2, 0) is 11.2 Å². The molecule has 1 rings (SSSR count). The first-order valence-corrected chi connectivity index (χ1v) is 7.15. The summed E-state index contributed by atoms with van der Waals surface area (Å²) in [5.41, 5.74) is 0.672. The normalized spacial score (nSPS) is 12.5. The van der Waals surface area contributed by atoms with Gasteiger partial charge < -0.3 is 5.32 Å². The van der Waals surface area contributed by atoms with Gasteiger partial charge in [0.05, 0.1) is 11.8 Å². The Balaban J connectivity index is 2.39. The molecule has 0 saturated carbocycles. The molecule has 4 heteroatoms. The van der Waals surface area contributed by atoms with Crippen LogP contribution in [0.5, 0.6) is 0 Å². The fourth-order valence-electron chi connectivity index (χ4n) is 2.07. The first-order valence-electron chi connectivity index (χ1n) is 6.72. The highest BCUT2D eigenvalue weighted by molar-refractivity contribution is 6.21. The van der Waals surface area contributed by atoms with E-state index in [1.54, 1.807) is 12.1 Å². The van der Waals surface area contributed by atoms with Crippen molar-refractivity contribution in [2.24, 2.45) is 5.92 Å². The Hall–Kier alpha value is -1.09. The summed E-state index contributed by atoms with van der Waals surface area (Å²) in [6.07, 6.45) is 2.19. The molecule has 1 amide bonds. The number of hydrogen-bond donors (Lipinski definition) is 1. The molecule has 19 heavy (non-hydrogen) atoms. The van der Waals surface area contributed by atoms with Crippen molar-refractivity contribution < 1.29 is 9.18 Å². The van der Waals surface area contributed by atoms with Gasteiger partial charge in [-0.15, -0.1) is 11.6 Å². The molecule has 0 fully saturated rings. The van der Waals surface area contributed by atoms with Gasteiger partial charge >= 0.3 is 0 Å². The predicted molar refractivity (Wildman–Crippen MR) is 76.8 cm³/mol. The zero-order valence-electron chi connectivity index (χ0n) is 11.5. The van der Waals surface area contributed by atoms with E-state index in [-0.39, 0.29) is 23.5 Å². The van der Waals surface area contributed by atoms with E-state index < -0.39 is 0 Å². The fraction of sp³-hybridized carbons (Fsp3) is 0.533. The van der Waals surface area contributed by atoms with E-state index in [1.807, 2.05) is 0 Å². The number of rotatable bonds is 7. The monoisotopic (exact) mass is 285 g/mol. The van der Waals surface area contributed by atoms with Crippen LogP contribution in [0.3, 0.4) is 0 Å². The zero-order valence-corrected chi connectivity index (χ0v) is 12.2. The van der Waals surface area contributed by atoms with Gasteiger partial charge in [-0.2, -0.15) is 0 Å². The second kappa shape index (κ2) is 8.16. The molecule has 2 nitrogen and oxygen atoms in total. The minimum absolute atomic E-state index is 0.0496. The molecule has 0 spiro atoms. The van der Waals surface area contributed by atoms with Crippen LogP contribution in [0.2, 0.25) is 0 Å². The number of nitrogens with one attached hydrogen (secondary N) is 1. The lowest BCUT2D eigenvalue weighted by Crippen LogP contribution is -2.34. The predicted octanol–water partition coefficient (Wildman–Crippen LogP) is 3.53. The smallest absolute Gasteiger partial charge is 0.224 e. The molecular weight excluding hydrogens is 265 g/mol. The third-order valence-corrected chi connectivity index (χ3v) is 3.82. The van der Waals surface area contributed by atoms with E-state index >= 15 is 0 Å². The molecule has 1 aromatic rings. The molecule has 1 unspecified atom stereocenters. The highest BCUT2D eigenvalue weighted by atomic mass is 35.5. The van der Waals surface area contributed by atoms with Gasteiger partial charge in [0.1, 0.15) is 5.82 Å². The van der Waals surface area contributed by atoms with Gasteiger partial charge in [0.15, 0.2) is 0 Å². The van der Waals surface area contributed by atoms with E-state index in [9.17, 15) is 9.18 Å². The summed E-state index contributed by atoms with van der Waals surface area (Å²) in [6, 6.07) is 6.08. The van der Waals surface area contributed by atoms with Crippen LogP contribution in [0.25, 0.3) is 0 Å². The third-order valence-electron chi connectivity index (χ3n) is 3.31. The van der Waals surface area contributed by atoms with Crippen LogP contribution in [0.15, 0.2) is 24.3 Å². The summed E-state index contributed by atoms with van der Waals surface area (Å²) in [7, 11) is 0. The average Bonchev–Trinajstić information content (AvgIpc) is 2.38. The number of hydrogen-bond acceptors (Lipinski definition) is 1. The third kappa shape index (κ3) is 5.60. The number of carbonyl (C=O) groups excluding carboxylic acids is 1. The van der Waals surface area contributed by atoms with Crippen LogP contribution in [0.4, 0.5) is 4.39 Å². The number of carbonyl (C=O) groups is 1. The van der Waals surface area contributed by atoms with Crippen molar-refractivity contribution in [1.29, 1.82) is 0 Å². The summed E-state index contributed by atoms with van der Waals surface area (Å²) in [6.45, 7) is 4.65. The summed E-state index contributed by atoms with van der Waals surface area (Å²) in [4.78, 5) is 11.7. The minimum Gasteiger partial charge on any atom is -0.354 e. The molecule has 1 aromatic carbocycles. The van der Waals surface area contributed by atoms with Crippen molar-refractivity contribution in [3.05, 3.63) is 35.6 Å². The van der Waals surface area contributed by atoms with Gasteiger partial charge in [-0.3, -0.25) is 4.79 Å². The molecule has 0 heterocycles. The lowest BCUT2D eigenvalue weighted by molar-refractivity contribution is -0.120. The molecule has 0 aromatic heterocycles. The van der Waals surface area contributed by atoms with E-state index in [2.05, 4.69) is 19.2 Å². The maximum Gasteiger partial charge on any atom is 0.224 e. The average molecular weight is 286 g/mol. The highest BCUT2D eigenvalue weighted by Crippen LogP contribution is 2.17. The quantitative estimate of drug-likeness (QED) is 0.763. The molecule has 1 atom stereocenters. The fourth-order valence-corrected chi connectivity index (χ4v) is 2.51. The number of halogens is 2. The van der Waals surface area contributed by atoms with E-state index in [0.717, 1.165) is 12.8 Å². The molecule has 0 aliphatic heterocycles. The zero-order chi connectivity index (χ0) is 14.3. The Kier molecular flexibility index (Phi) is 6.85. The molecule has 1 N–H and O–H groups in total. The summed E-state index contributed by atoms with van der Waals surface area (Å²) in [5, 5.41) is 2.76. The van der Waals surface area contributed by atoms with Crippen LogP contribution in [-0.4, -0.2) is 17.8 Å². The Morgan fingerprint density at radius 3 is 2.63 bits per heavy atom. The molecule has 0 bridgehead atoms. The summed E-state index contributed by atoms with van der Waals surface area (Å²) < 4.78 is 13.0. The highest BCUT2D eigenvalue weighted by Gasteiger charge is 2.16. The first-order chi connectivity index (χ1) is 9.06. The number of benzene rings is 1. The van der Waals surface area contributed by atoms with E-state index in [0.29, 0.717) is 18.0 Å². The molecule has 0 saturated heterocycles. The second-order valence-corrected chi connectivity index (χ2v) is 5.26. The lowest BCUT2D eigenvalue weighted by Gasteiger charge is -2.19. The molecule has 0 radical (unpaired) electrons. The van der Waals surface area contributed by atoms with Crippen molar-refractivity contribution in [2.75, 3.05) is 6.54 Å². The minimum atomic E-state index is -0.322. The van der Waals surface area contributed by atoms with Crippen molar-refractivity contribution >= 4 is 17.5 Å². The Labute approximate surface area is 119 Å². The van der Waals surface area contributed by atoms with Crippen LogP contribution in [0.1, 0.15) is 32.3 Å². The number of alkyl halides is 1. The summed E-state index contributed by atoms with van der Waals surface area (Å²) >= 11 is 6.24. The summed E-state index contributed by atoms with van der Waals surface area (Å²) in [5.74, 6) is -0.0316. The van der Waals surface area contributed by atoms with Gasteiger partial charge in [0, 0.05) is 6.54 Å². The molecule has 0 aliphatic carbocycles. The Morgan fingerprint density at radius 1 is 1.37 bits per heavy atom. The van der Waals surface area contributed by atoms with Gasteiger partial charge in [-0.05, 0) is 23.6 Å². The van der Waals surface area contributed by atoms with Gasteiger partial charge in [0.2, 0.25) is 5.91 Å². The Morgan fingerprint density at radius 2 is 2.05 bits per heavy atom. The van der Waals surface area contributed by atoms with Crippen LogP contribution < -0.4 is 5.32 Å². The lowest BCUT2D eigenvalue weighted by atomic mass is 9.99. The molecule has 0 aliphatic rings. The second-order valence-electron chi connectivity index (χ2n) is 4.70. The van der Waals surface area contributed by atoms with Crippen molar-refractivity contribution in [2.45, 2.75) is 38.5 Å². The standard InChI is InChI=1S/C15H21ClFNO/c1-3-12(4-2)14(16)10-18-15(19)9-11-6-5-7-13(17)8-11/h5-8,12,14H,3-4,9-10H2,1-2H3,(H,18,19). The van der Waals surface area contributed by atoms with Crippen LogP contribution >= 0.6 is 11.6 Å². The van der Waals surface area contributed by atoms with Crippen LogP contribution in [0, 0.1) is 11.7 Å². The number of amides is 1. The molecule has 106 valence electrons. The maximum atomic E-state index is 13.0. The van der Waals surface area contributed by atoms with Crippen molar-refractivity contribution in [3.63, 3.8) is 0 Å². The largest absolute Gasteiger partial charge is 0.354 e. The first kappa shape index (κ1) is 16.0. The van der Waals surface area contributed by atoms with E-state index in [1.165, 1.54) is 12.1 Å². The Bertz CT molecular complexity index is 407. The van der Waals surface area contributed by atoms with E-state index in [4.69, 9.17) is 11.6 Å². The van der Waals surface area contributed by atoms with Crippen molar-refractivity contribution in [1.82, 2.24) is 5.32 Å². The molecular formula is C15H21ClFNO. The SMILES string of the molecule is CCC(CC)C(Cl)CNC(=O)Cc1cccc(F)c1. The van der Waals surface area contributed by atoms with Gasteiger partial charge in [-0.1, -0.05) is 38.8 Å². The maximum absolute atomic E-state index is 13.0.